The standard InChI is InChI=1S/C12H18N2O/c1-9-4-3-6-13-12(9)14-7-5-11(15)10(2)8-14/h3-4,6,10-11,15H,5,7-8H2,1-2H3. The van der Waals surface area contributed by atoms with Crippen LogP contribution in [0.15, 0.2) is 18.3 Å². The molecule has 0 amide bonds. The van der Waals surface area contributed by atoms with Gasteiger partial charge in [0.1, 0.15) is 5.82 Å². The molecule has 2 atom stereocenters. The monoisotopic (exact) mass is 206 g/mol. The highest BCUT2D eigenvalue weighted by Gasteiger charge is 2.25. The molecule has 0 radical (unpaired) electrons. The zero-order valence-electron chi connectivity index (χ0n) is 9.35. The zero-order valence-corrected chi connectivity index (χ0v) is 9.35. The van der Waals surface area contributed by atoms with Gasteiger partial charge in [0.05, 0.1) is 6.10 Å². The van der Waals surface area contributed by atoms with Crippen molar-refractivity contribution in [3.63, 3.8) is 0 Å². The number of aryl methyl sites for hydroxylation is 1. The second-order valence-electron chi connectivity index (χ2n) is 4.42. The summed E-state index contributed by atoms with van der Waals surface area (Å²) in [6.45, 7) is 5.98. The van der Waals surface area contributed by atoms with Gasteiger partial charge in [0, 0.05) is 19.3 Å². The lowest BCUT2D eigenvalue weighted by molar-refractivity contribution is 0.0968. The summed E-state index contributed by atoms with van der Waals surface area (Å²) in [5, 5.41) is 9.66. The molecule has 1 aliphatic rings. The Morgan fingerprint density at radius 1 is 1.53 bits per heavy atom. The molecule has 2 heterocycles. The molecule has 0 aromatic carbocycles. The van der Waals surface area contributed by atoms with E-state index in [4.69, 9.17) is 0 Å². The van der Waals surface area contributed by atoms with Crippen LogP contribution in [-0.4, -0.2) is 29.3 Å². The molecule has 1 aliphatic heterocycles. The minimum atomic E-state index is -0.148. The van der Waals surface area contributed by atoms with E-state index in [1.807, 2.05) is 12.3 Å². The maximum atomic E-state index is 9.66. The fraction of sp³-hybridized carbons (Fsp3) is 0.583. The maximum absolute atomic E-state index is 9.66. The molecule has 2 rings (SSSR count). The Balaban J connectivity index is 2.15. The molecule has 1 aromatic rings. The molecule has 1 fully saturated rings. The van der Waals surface area contributed by atoms with Gasteiger partial charge in [-0.3, -0.25) is 0 Å². The van der Waals surface area contributed by atoms with Crippen LogP contribution in [0.3, 0.4) is 0 Å². The van der Waals surface area contributed by atoms with Crippen LogP contribution in [0.4, 0.5) is 5.82 Å². The van der Waals surface area contributed by atoms with E-state index in [1.165, 1.54) is 5.56 Å². The van der Waals surface area contributed by atoms with Crippen molar-refractivity contribution in [2.24, 2.45) is 5.92 Å². The van der Waals surface area contributed by atoms with Gasteiger partial charge in [-0.15, -0.1) is 0 Å². The van der Waals surface area contributed by atoms with Crippen LogP contribution in [0, 0.1) is 12.8 Å². The van der Waals surface area contributed by atoms with Crippen LogP contribution in [0.5, 0.6) is 0 Å². The molecule has 1 aromatic heterocycles. The minimum absolute atomic E-state index is 0.148. The van der Waals surface area contributed by atoms with E-state index in [-0.39, 0.29) is 6.10 Å². The molecule has 3 nitrogen and oxygen atoms in total. The first-order valence-corrected chi connectivity index (χ1v) is 5.53. The molecule has 1 N–H and O–H groups in total. The molecule has 0 bridgehead atoms. The first kappa shape index (κ1) is 10.4. The molecule has 0 aliphatic carbocycles. The van der Waals surface area contributed by atoms with Gasteiger partial charge < -0.3 is 10.0 Å². The molecular formula is C12H18N2O. The fourth-order valence-corrected chi connectivity index (χ4v) is 2.13. The number of rotatable bonds is 1. The number of piperidine rings is 1. The molecule has 2 unspecified atom stereocenters. The Hall–Kier alpha value is -1.09. The smallest absolute Gasteiger partial charge is 0.131 e. The van der Waals surface area contributed by atoms with Crippen LogP contribution >= 0.6 is 0 Å². The number of aromatic nitrogens is 1. The molecule has 0 spiro atoms. The van der Waals surface area contributed by atoms with E-state index in [1.54, 1.807) is 0 Å². The highest BCUT2D eigenvalue weighted by Crippen LogP contribution is 2.23. The number of nitrogens with zero attached hydrogens (tertiary/aromatic N) is 2. The Labute approximate surface area is 90.8 Å². The van der Waals surface area contributed by atoms with Crippen molar-refractivity contribution in [3.05, 3.63) is 23.9 Å². The van der Waals surface area contributed by atoms with E-state index in [9.17, 15) is 5.11 Å². The van der Waals surface area contributed by atoms with Crippen LogP contribution in [0.25, 0.3) is 0 Å². The quantitative estimate of drug-likeness (QED) is 0.758. The van der Waals surface area contributed by atoms with Gasteiger partial charge in [-0.1, -0.05) is 13.0 Å². The predicted octanol–water partition coefficient (Wildman–Crippen LogP) is 1.60. The lowest BCUT2D eigenvalue weighted by Crippen LogP contribution is -2.42. The maximum Gasteiger partial charge on any atom is 0.131 e. The van der Waals surface area contributed by atoms with Crippen LogP contribution in [0.1, 0.15) is 18.9 Å². The Morgan fingerprint density at radius 3 is 3.00 bits per heavy atom. The number of hydrogen-bond acceptors (Lipinski definition) is 3. The molecule has 1 saturated heterocycles. The summed E-state index contributed by atoms with van der Waals surface area (Å²) in [6, 6.07) is 4.04. The van der Waals surface area contributed by atoms with Crippen molar-refractivity contribution in [1.82, 2.24) is 4.98 Å². The van der Waals surface area contributed by atoms with E-state index >= 15 is 0 Å². The SMILES string of the molecule is Cc1cccnc1N1CCC(O)C(C)C1. The van der Waals surface area contributed by atoms with E-state index in [0.717, 1.165) is 25.3 Å². The molecular weight excluding hydrogens is 188 g/mol. The third kappa shape index (κ3) is 2.12. The van der Waals surface area contributed by atoms with E-state index in [2.05, 4.69) is 29.8 Å². The lowest BCUT2D eigenvalue weighted by Gasteiger charge is -2.35. The van der Waals surface area contributed by atoms with Gasteiger partial charge in [0.25, 0.3) is 0 Å². The van der Waals surface area contributed by atoms with Crippen molar-refractivity contribution in [2.75, 3.05) is 18.0 Å². The summed E-state index contributed by atoms with van der Waals surface area (Å²) in [7, 11) is 0. The highest BCUT2D eigenvalue weighted by molar-refractivity contribution is 5.46. The molecule has 0 saturated carbocycles. The van der Waals surface area contributed by atoms with Crippen molar-refractivity contribution in [2.45, 2.75) is 26.4 Å². The Bertz CT molecular complexity index is 340. The van der Waals surface area contributed by atoms with E-state index in [0.29, 0.717) is 5.92 Å². The third-order valence-electron chi connectivity index (χ3n) is 3.14. The summed E-state index contributed by atoms with van der Waals surface area (Å²) in [5.74, 6) is 1.40. The number of anilines is 1. The first-order chi connectivity index (χ1) is 7.18. The van der Waals surface area contributed by atoms with Gasteiger partial charge in [-0.25, -0.2) is 4.98 Å². The topological polar surface area (TPSA) is 36.4 Å². The highest BCUT2D eigenvalue weighted by atomic mass is 16.3. The largest absolute Gasteiger partial charge is 0.393 e. The summed E-state index contributed by atoms with van der Waals surface area (Å²) < 4.78 is 0. The molecule has 15 heavy (non-hydrogen) atoms. The summed E-state index contributed by atoms with van der Waals surface area (Å²) in [5.41, 5.74) is 1.21. The first-order valence-electron chi connectivity index (χ1n) is 5.53. The number of pyridine rings is 1. The minimum Gasteiger partial charge on any atom is -0.393 e. The average molecular weight is 206 g/mol. The predicted molar refractivity (Wildman–Crippen MR) is 61.0 cm³/mol. The van der Waals surface area contributed by atoms with Crippen molar-refractivity contribution in [1.29, 1.82) is 0 Å². The van der Waals surface area contributed by atoms with Crippen LogP contribution in [0.2, 0.25) is 0 Å². The zero-order chi connectivity index (χ0) is 10.8. The third-order valence-corrected chi connectivity index (χ3v) is 3.14. The second-order valence-corrected chi connectivity index (χ2v) is 4.42. The van der Waals surface area contributed by atoms with Gasteiger partial charge in [0.2, 0.25) is 0 Å². The van der Waals surface area contributed by atoms with Crippen molar-refractivity contribution in [3.8, 4) is 0 Å². The van der Waals surface area contributed by atoms with Crippen LogP contribution < -0.4 is 4.90 Å². The van der Waals surface area contributed by atoms with Gasteiger partial charge in [-0.05, 0) is 30.9 Å². The number of hydrogen-bond donors (Lipinski definition) is 1. The summed E-state index contributed by atoms with van der Waals surface area (Å²) >= 11 is 0. The van der Waals surface area contributed by atoms with Crippen molar-refractivity contribution >= 4 is 5.82 Å². The number of aliphatic hydroxyl groups is 1. The average Bonchev–Trinajstić information content (AvgIpc) is 2.23. The van der Waals surface area contributed by atoms with Gasteiger partial charge >= 0.3 is 0 Å². The molecule has 82 valence electrons. The van der Waals surface area contributed by atoms with Crippen LogP contribution in [-0.2, 0) is 0 Å². The summed E-state index contributed by atoms with van der Waals surface area (Å²) in [4.78, 5) is 6.68. The van der Waals surface area contributed by atoms with Crippen molar-refractivity contribution < 1.29 is 5.11 Å². The van der Waals surface area contributed by atoms with Gasteiger partial charge in [0.15, 0.2) is 0 Å². The second kappa shape index (κ2) is 4.19. The van der Waals surface area contributed by atoms with Gasteiger partial charge in [-0.2, -0.15) is 0 Å². The Kier molecular flexibility index (Phi) is 2.91. The molecule has 3 heteroatoms. The normalized spacial score (nSPS) is 26.7. The Morgan fingerprint density at radius 2 is 2.33 bits per heavy atom. The fourth-order valence-electron chi connectivity index (χ4n) is 2.13. The lowest BCUT2D eigenvalue weighted by atomic mass is 9.96. The summed E-state index contributed by atoms with van der Waals surface area (Å²) in [6.07, 6.45) is 2.53. The van der Waals surface area contributed by atoms with E-state index < -0.39 is 0 Å². The number of aliphatic hydroxyl groups excluding tert-OH is 1.